The van der Waals surface area contributed by atoms with E-state index in [1.54, 1.807) is 26.1 Å². The van der Waals surface area contributed by atoms with Crippen molar-refractivity contribution in [2.45, 2.75) is 45.9 Å². The van der Waals surface area contributed by atoms with Crippen molar-refractivity contribution >= 4 is 23.1 Å². The smallest absolute Gasteiger partial charge is 0.314 e. The zero-order valence-electron chi connectivity index (χ0n) is 21.3. The Morgan fingerprint density at radius 2 is 1.89 bits per heavy atom. The van der Waals surface area contributed by atoms with Gasteiger partial charge in [-0.2, -0.15) is 0 Å². The Morgan fingerprint density at radius 3 is 2.56 bits per heavy atom. The van der Waals surface area contributed by atoms with Gasteiger partial charge in [-0.1, -0.05) is 24.3 Å². The van der Waals surface area contributed by atoms with Gasteiger partial charge in [0.05, 0.1) is 24.6 Å². The minimum absolute atomic E-state index is 0.226. The second kappa shape index (κ2) is 11.8. The Balaban J connectivity index is 1.61. The number of carbonyl (C=O) groups excluding carboxylic acids is 1. The molecule has 2 atom stereocenters. The third-order valence-electron chi connectivity index (χ3n) is 6.48. The minimum Gasteiger partial charge on any atom is -0.378 e. The van der Waals surface area contributed by atoms with Crippen molar-refractivity contribution in [3.8, 4) is 11.3 Å². The number of hydrogen-bond donors (Lipinski definition) is 2. The molecular formula is C27H34FN5O2S. The molecule has 4 rings (SSSR count). The highest BCUT2D eigenvalue weighted by molar-refractivity contribution is 7.07. The molecule has 1 aliphatic heterocycles. The standard InChI is InChI=1S/C27H34FN5O2S/c1-18-13-23(9-10-24(18)28)31-27-32(12-11-30-26(34)29-4)25(17-36-27)22-7-5-21(6-8-22)14-33-19(2)15-35-16-20(33)3/h5-10,13,17,19-20H,11-12,14-16H2,1-4H3,(H2,29,30,34)/b31-27-/t19-,20-/m0/s1. The number of aromatic nitrogens is 1. The highest BCUT2D eigenvalue weighted by Gasteiger charge is 2.25. The van der Waals surface area contributed by atoms with Gasteiger partial charge in [0.15, 0.2) is 4.80 Å². The van der Waals surface area contributed by atoms with E-state index in [-0.39, 0.29) is 11.8 Å². The number of halogens is 1. The molecule has 1 aromatic heterocycles. The average molecular weight is 512 g/mol. The fraction of sp³-hybridized carbons (Fsp3) is 0.407. The summed E-state index contributed by atoms with van der Waals surface area (Å²) >= 11 is 1.53. The van der Waals surface area contributed by atoms with Crippen molar-refractivity contribution < 1.29 is 13.9 Å². The highest BCUT2D eigenvalue weighted by atomic mass is 32.1. The van der Waals surface area contributed by atoms with Crippen LogP contribution in [0.1, 0.15) is 25.0 Å². The molecule has 0 spiro atoms. The number of carbonyl (C=O) groups is 1. The third-order valence-corrected chi connectivity index (χ3v) is 7.34. The first-order valence-corrected chi connectivity index (χ1v) is 13.1. The molecule has 192 valence electrons. The number of benzene rings is 2. The van der Waals surface area contributed by atoms with Crippen LogP contribution >= 0.6 is 11.3 Å². The number of hydrogen-bond acceptors (Lipinski definition) is 5. The number of morpholine rings is 1. The summed E-state index contributed by atoms with van der Waals surface area (Å²) in [4.78, 5) is 19.7. The Bertz CT molecular complexity index is 1240. The van der Waals surface area contributed by atoms with Gasteiger partial charge >= 0.3 is 6.03 Å². The van der Waals surface area contributed by atoms with Gasteiger partial charge in [-0.3, -0.25) is 4.90 Å². The molecule has 0 unspecified atom stereocenters. The summed E-state index contributed by atoms with van der Waals surface area (Å²) in [5.41, 5.74) is 4.61. The van der Waals surface area contributed by atoms with Crippen LogP contribution in [0.5, 0.6) is 0 Å². The van der Waals surface area contributed by atoms with Crippen LogP contribution in [0.4, 0.5) is 14.9 Å². The molecule has 9 heteroatoms. The summed E-state index contributed by atoms with van der Waals surface area (Å²) in [5.74, 6) is -0.246. The lowest BCUT2D eigenvalue weighted by molar-refractivity contribution is -0.0409. The van der Waals surface area contributed by atoms with Crippen molar-refractivity contribution in [3.05, 3.63) is 69.6 Å². The van der Waals surface area contributed by atoms with E-state index in [4.69, 9.17) is 9.73 Å². The first-order valence-electron chi connectivity index (χ1n) is 12.2. The van der Waals surface area contributed by atoms with Crippen LogP contribution in [-0.4, -0.2) is 54.4 Å². The Kier molecular flexibility index (Phi) is 8.56. The molecule has 0 saturated carbocycles. The summed E-state index contributed by atoms with van der Waals surface area (Å²) in [6.07, 6.45) is 0. The van der Waals surface area contributed by atoms with Gasteiger partial charge in [0.25, 0.3) is 0 Å². The monoisotopic (exact) mass is 511 g/mol. The van der Waals surface area contributed by atoms with Gasteiger partial charge in [-0.05, 0) is 55.7 Å². The largest absolute Gasteiger partial charge is 0.378 e. The lowest BCUT2D eigenvalue weighted by Crippen LogP contribution is -2.48. The zero-order chi connectivity index (χ0) is 25.7. The molecule has 36 heavy (non-hydrogen) atoms. The Labute approximate surface area is 215 Å². The van der Waals surface area contributed by atoms with Crippen LogP contribution in [0.15, 0.2) is 52.8 Å². The normalized spacial score (nSPS) is 18.9. The number of ether oxygens (including phenoxy) is 1. The van der Waals surface area contributed by atoms with Crippen molar-refractivity contribution in [3.63, 3.8) is 0 Å². The Morgan fingerprint density at radius 1 is 1.17 bits per heavy atom. The van der Waals surface area contributed by atoms with Crippen LogP contribution in [0.3, 0.4) is 0 Å². The molecule has 2 aromatic carbocycles. The van der Waals surface area contributed by atoms with Crippen molar-refractivity contribution in [1.82, 2.24) is 20.1 Å². The molecule has 0 aliphatic carbocycles. The summed E-state index contributed by atoms with van der Waals surface area (Å²) in [5, 5.41) is 7.50. The van der Waals surface area contributed by atoms with E-state index in [1.807, 2.05) is 0 Å². The topological polar surface area (TPSA) is 70.9 Å². The van der Waals surface area contributed by atoms with Crippen LogP contribution < -0.4 is 15.4 Å². The molecule has 1 aliphatic rings. The van der Waals surface area contributed by atoms with Crippen molar-refractivity contribution in [1.29, 1.82) is 0 Å². The van der Waals surface area contributed by atoms with E-state index in [0.29, 0.717) is 36.4 Å². The van der Waals surface area contributed by atoms with Gasteiger partial charge in [0, 0.05) is 44.1 Å². The molecule has 0 radical (unpaired) electrons. The number of urea groups is 1. The lowest BCUT2D eigenvalue weighted by atomic mass is 10.1. The molecule has 1 fully saturated rings. The second-order valence-corrected chi connectivity index (χ2v) is 10.0. The SMILES string of the molecule is CNC(=O)NCCn1c(-c2ccc(CN3[C@@H](C)COC[C@@H]3C)cc2)cs/c1=N\c1ccc(F)c(C)c1. The number of nitrogens with zero attached hydrogens (tertiary/aromatic N) is 3. The predicted octanol–water partition coefficient (Wildman–Crippen LogP) is 4.43. The number of aryl methyl sites for hydroxylation is 1. The maximum Gasteiger partial charge on any atom is 0.314 e. The highest BCUT2D eigenvalue weighted by Crippen LogP contribution is 2.24. The molecule has 7 nitrogen and oxygen atoms in total. The molecule has 2 heterocycles. The van der Waals surface area contributed by atoms with E-state index in [9.17, 15) is 9.18 Å². The number of amides is 2. The summed E-state index contributed by atoms with van der Waals surface area (Å²) in [6, 6.07) is 14.0. The van der Waals surface area contributed by atoms with Gasteiger partial charge in [0.1, 0.15) is 5.82 Å². The fourth-order valence-corrected chi connectivity index (χ4v) is 5.34. The molecule has 2 amide bonds. The fourth-order valence-electron chi connectivity index (χ4n) is 4.38. The van der Waals surface area contributed by atoms with Crippen LogP contribution in [0.25, 0.3) is 11.3 Å². The zero-order valence-corrected chi connectivity index (χ0v) is 22.1. The third kappa shape index (κ3) is 6.21. The maximum atomic E-state index is 13.7. The van der Waals surface area contributed by atoms with Gasteiger partial charge < -0.3 is 19.9 Å². The van der Waals surface area contributed by atoms with E-state index in [2.05, 4.69) is 63.6 Å². The van der Waals surface area contributed by atoms with Crippen LogP contribution in [-0.2, 0) is 17.8 Å². The van der Waals surface area contributed by atoms with Crippen molar-refractivity contribution in [2.75, 3.05) is 26.8 Å². The first kappa shape index (κ1) is 26.1. The summed E-state index contributed by atoms with van der Waals surface area (Å²) < 4.78 is 21.5. The maximum absolute atomic E-state index is 13.7. The predicted molar refractivity (Wildman–Crippen MR) is 142 cm³/mol. The van der Waals surface area contributed by atoms with Crippen molar-refractivity contribution in [2.24, 2.45) is 4.99 Å². The molecule has 1 saturated heterocycles. The average Bonchev–Trinajstić information content (AvgIpc) is 3.26. The van der Waals surface area contributed by atoms with Crippen LogP contribution in [0, 0.1) is 12.7 Å². The molecule has 2 N–H and O–H groups in total. The number of rotatable bonds is 7. The molecular weight excluding hydrogens is 477 g/mol. The quantitative estimate of drug-likeness (QED) is 0.493. The van der Waals surface area contributed by atoms with E-state index in [1.165, 1.54) is 23.0 Å². The summed E-state index contributed by atoms with van der Waals surface area (Å²) in [6.45, 7) is 9.56. The van der Waals surface area contributed by atoms with E-state index in [0.717, 1.165) is 35.8 Å². The number of nitrogens with one attached hydrogen (secondary N) is 2. The minimum atomic E-state index is -0.246. The van der Waals surface area contributed by atoms with Gasteiger partial charge in [-0.15, -0.1) is 11.3 Å². The van der Waals surface area contributed by atoms with E-state index < -0.39 is 0 Å². The molecule has 3 aromatic rings. The van der Waals surface area contributed by atoms with E-state index >= 15 is 0 Å². The van der Waals surface area contributed by atoms with Gasteiger partial charge in [-0.25, -0.2) is 14.2 Å². The Hall–Kier alpha value is -3.01. The summed E-state index contributed by atoms with van der Waals surface area (Å²) in [7, 11) is 1.59. The number of thiazole rings is 1. The lowest BCUT2D eigenvalue weighted by Gasteiger charge is -2.38. The molecule has 0 bridgehead atoms. The first-order chi connectivity index (χ1) is 17.4. The second-order valence-electron chi connectivity index (χ2n) is 9.21. The van der Waals surface area contributed by atoms with Gasteiger partial charge in [0.2, 0.25) is 0 Å². The van der Waals surface area contributed by atoms with Crippen LogP contribution in [0.2, 0.25) is 0 Å².